The highest BCUT2D eigenvalue weighted by Gasteiger charge is 2.72. The smallest absolute Gasteiger partial charge is 0.146 e. The standard InChI is InChI=1S/C12H14O2/c13-9-12(10-5-2-1-3-6-10)11(14-12)7-4-8-11/h1-3,5-6,13H,4,7-9H2/t12-/m0/s1. The predicted octanol–water partition coefficient (Wildman–Crippen LogP) is 1.83. The Labute approximate surface area is 83.5 Å². The average molecular weight is 190 g/mol. The maximum atomic E-state index is 9.49. The summed E-state index contributed by atoms with van der Waals surface area (Å²) in [5, 5.41) is 9.49. The van der Waals surface area contributed by atoms with Crippen LogP contribution in [0.15, 0.2) is 30.3 Å². The van der Waals surface area contributed by atoms with Gasteiger partial charge >= 0.3 is 0 Å². The molecule has 1 aliphatic carbocycles. The number of hydrogen-bond donors (Lipinski definition) is 1. The second-order valence-electron chi connectivity index (χ2n) is 4.30. The van der Waals surface area contributed by atoms with Crippen LogP contribution in [0.25, 0.3) is 0 Å². The van der Waals surface area contributed by atoms with E-state index in [1.165, 1.54) is 6.42 Å². The van der Waals surface area contributed by atoms with Gasteiger partial charge in [0.1, 0.15) is 11.2 Å². The molecule has 2 heteroatoms. The van der Waals surface area contributed by atoms with Crippen LogP contribution in [0.5, 0.6) is 0 Å². The number of aliphatic hydroxyl groups is 1. The van der Waals surface area contributed by atoms with Gasteiger partial charge in [-0.1, -0.05) is 30.3 Å². The summed E-state index contributed by atoms with van der Waals surface area (Å²) in [5.41, 5.74) is 0.748. The lowest BCUT2D eigenvalue weighted by molar-refractivity contribution is 0.164. The third-order valence-corrected chi connectivity index (χ3v) is 3.69. The van der Waals surface area contributed by atoms with E-state index in [1.54, 1.807) is 0 Å². The van der Waals surface area contributed by atoms with Crippen molar-refractivity contribution in [2.75, 3.05) is 6.61 Å². The minimum atomic E-state index is -0.369. The maximum Gasteiger partial charge on any atom is 0.146 e. The van der Waals surface area contributed by atoms with E-state index in [2.05, 4.69) is 0 Å². The SMILES string of the molecule is OC[C@@]1(c2ccccc2)OC12CCC2. The van der Waals surface area contributed by atoms with E-state index in [9.17, 15) is 5.11 Å². The summed E-state index contributed by atoms with van der Waals surface area (Å²) in [6, 6.07) is 10.1. The molecule has 74 valence electrons. The first-order valence-corrected chi connectivity index (χ1v) is 5.20. The summed E-state index contributed by atoms with van der Waals surface area (Å²) in [6.45, 7) is 0.108. The molecule has 1 saturated heterocycles. The number of ether oxygens (including phenoxy) is 1. The van der Waals surface area contributed by atoms with Crippen molar-refractivity contribution in [2.24, 2.45) is 0 Å². The molecule has 2 nitrogen and oxygen atoms in total. The highest BCUT2D eigenvalue weighted by atomic mass is 16.6. The highest BCUT2D eigenvalue weighted by molar-refractivity contribution is 5.35. The van der Waals surface area contributed by atoms with Crippen molar-refractivity contribution in [3.05, 3.63) is 35.9 Å². The van der Waals surface area contributed by atoms with Crippen molar-refractivity contribution < 1.29 is 9.84 Å². The second-order valence-corrected chi connectivity index (χ2v) is 4.30. The molecular weight excluding hydrogens is 176 g/mol. The molecule has 0 radical (unpaired) electrons. The molecule has 1 saturated carbocycles. The van der Waals surface area contributed by atoms with Crippen LogP contribution in [-0.4, -0.2) is 17.3 Å². The topological polar surface area (TPSA) is 32.8 Å². The molecule has 0 aromatic heterocycles. The Hall–Kier alpha value is -0.860. The maximum absolute atomic E-state index is 9.49. The second kappa shape index (κ2) is 2.59. The van der Waals surface area contributed by atoms with Crippen molar-refractivity contribution in [2.45, 2.75) is 30.5 Å². The summed E-state index contributed by atoms with van der Waals surface area (Å²) in [7, 11) is 0. The summed E-state index contributed by atoms with van der Waals surface area (Å²) in [5.74, 6) is 0. The van der Waals surface area contributed by atoms with E-state index in [0.717, 1.165) is 18.4 Å². The Balaban J connectivity index is 1.97. The van der Waals surface area contributed by atoms with Crippen LogP contribution in [0, 0.1) is 0 Å². The number of hydrogen-bond acceptors (Lipinski definition) is 2. The summed E-state index contributed by atoms with van der Waals surface area (Å²) in [6.07, 6.45) is 3.43. The Morgan fingerprint density at radius 3 is 2.36 bits per heavy atom. The van der Waals surface area contributed by atoms with Crippen LogP contribution in [0.3, 0.4) is 0 Å². The molecular formula is C12H14O2. The van der Waals surface area contributed by atoms with E-state index in [0.29, 0.717) is 0 Å². The molecule has 1 heterocycles. The zero-order chi connectivity index (χ0) is 9.65. The summed E-state index contributed by atoms with van der Waals surface area (Å²) >= 11 is 0. The highest BCUT2D eigenvalue weighted by Crippen LogP contribution is 2.65. The van der Waals surface area contributed by atoms with Gasteiger partial charge in [0.25, 0.3) is 0 Å². The Morgan fingerprint density at radius 1 is 1.21 bits per heavy atom. The van der Waals surface area contributed by atoms with E-state index in [4.69, 9.17) is 4.74 Å². The molecule has 1 spiro atoms. The van der Waals surface area contributed by atoms with Crippen LogP contribution >= 0.6 is 0 Å². The first-order chi connectivity index (χ1) is 6.83. The van der Waals surface area contributed by atoms with Crippen molar-refractivity contribution in [1.29, 1.82) is 0 Å². The van der Waals surface area contributed by atoms with E-state index in [-0.39, 0.29) is 17.8 Å². The van der Waals surface area contributed by atoms with Gasteiger partial charge in [-0.3, -0.25) is 0 Å². The Bertz CT molecular complexity index is 343. The van der Waals surface area contributed by atoms with Gasteiger partial charge in [-0.05, 0) is 24.8 Å². The van der Waals surface area contributed by atoms with Crippen molar-refractivity contribution in [3.8, 4) is 0 Å². The summed E-state index contributed by atoms with van der Waals surface area (Å²) < 4.78 is 5.81. The van der Waals surface area contributed by atoms with Gasteiger partial charge in [-0.15, -0.1) is 0 Å². The molecule has 1 aromatic rings. The van der Waals surface area contributed by atoms with E-state index < -0.39 is 0 Å². The van der Waals surface area contributed by atoms with Crippen molar-refractivity contribution in [3.63, 3.8) is 0 Å². The molecule has 0 unspecified atom stereocenters. The van der Waals surface area contributed by atoms with Gasteiger partial charge in [0.05, 0.1) is 6.61 Å². The third kappa shape index (κ3) is 0.830. The number of epoxide rings is 1. The van der Waals surface area contributed by atoms with Gasteiger partial charge in [-0.25, -0.2) is 0 Å². The molecule has 14 heavy (non-hydrogen) atoms. The van der Waals surface area contributed by atoms with Crippen LogP contribution in [0.4, 0.5) is 0 Å². The van der Waals surface area contributed by atoms with Gasteiger partial charge < -0.3 is 9.84 Å². The Kier molecular flexibility index (Phi) is 1.56. The fourth-order valence-corrected chi connectivity index (χ4v) is 2.61. The lowest BCUT2D eigenvalue weighted by Gasteiger charge is -2.26. The van der Waals surface area contributed by atoms with Gasteiger partial charge in [0.2, 0.25) is 0 Å². The van der Waals surface area contributed by atoms with Crippen LogP contribution in [-0.2, 0) is 10.3 Å². The molecule has 2 aliphatic rings. The number of aliphatic hydroxyl groups excluding tert-OH is 1. The van der Waals surface area contributed by atoms with Crippen molar-refractivity contribution in [1.82, 2.24) is 0 Å². The first kappa shape index (κ1) is 8.45. The molecule has 1 aliphatic heterocycles. The molecule has 0 bridgehead atoms. The number of benzene rings is 1. The summed E-state index contributed by atoms with van der Waals surface area (Å²) in [4.78, 5) is 0. The zero-order valence-electron chi connectivity index (χ0n) is 8.07. The van der Waals surface area contributed by atoms with E-state index in [1.807, 2.05) is 30.3 Å². The molecule has 0 amide bonds. The third-order valence-electron chi connectivity index (χ3n) is 3.69. The normalized spacial score (nSPS) is 32.6. The quantitative estimate of drug-likeness (QED) is 0.722. The van der Waals surface area contributed by atoms with Crippen molar-refractivity contribution >= 4 is 0 Å². The lowest BCUT2D eigenvalue weighted by Crippen LogP contribution is -2.33. The fourth-order valence-electron chi connectivity index (χ4n) is 2.61. The fraction of sp³-hybridized carbons (Fsp3) is 0.500. The average Bonchev–Trinajstić information content (AvgIpc) is 2.90. The molecule has 3 rings (SSSR count). The predicted molar refractivity (Wildman–Crippen MR) is 52.9 cm³/mol. The molecule has 1 aromatic carbocycles. The first-order valence-electron chi connectivity index (χ1n) is 5.20. The van der Waals surface area contributed by atoms with Crippen LogP contribution in [0.1, 0.15) is 24.8 Å². The van der Waals surface area contributed by atoms with Crippen LogP contribution in [0.2, 0.25) is 0 Å². The van der Waals surface area contributed by atoms with Crippen LogP contribution < -0.4 is 0 Å². The van der Waals surface area contributed by atoms with Gasteiger partial charge in [-0.2, -0.15) is 0 Å². The van der Waals surface area contributed by atoms with Gasteiger partial charge in [0, 0.05) is 0 Å². The van der Waals surface area contributed by atoms with Gasteiger partial charge in [0.15, 0.2) is 0 Å². The zero-order valence-corrected chi connectivity index (χ0v) is 8.07. The molecule has 2 fully saturated rings. The monoisotopic (exact) mass is 190 g/mol. The lowest BCUT2D eigenvalue weighted by atomic mass is 9.73. The largest absolute Gasteiger partial charge is 0.393 e. The molecule has 1 atom stereocenters. The number of rotatable bonds is 2. The Morgan fingerprint density at radius 2 is 1.93 bits per heavy atom. The molecule has 1 N–H and O–H groups in total. The minimum Gasteiger partial charge on any atom is -0.393 e. The minimum absolute atomic E-state index is 0.0108. The van der Waals surface area contributed by atoms with E-state index >= 15 is 0 Å².